The van der Waals surface area contributed by atoms with E-state index in [4.69, 9.17) is 23.2 Å². The molecule has 3 aromatic rings. The van der Waals surface area contributed by atoms with E-state index in [0.29, 0.717) is 18.9 Å². The van der Waals surface area contributed by atoms with Crippen LogP contribution in [0.4, 0.5) is 15.9 Å². The normalized spacial score (nSPS) is 14.4. The maximum atomic E-state index is 14.3. The molecule has 2 amide bonds. The van der Waals surface area contributed by atoms with Crippen molar-refractivity contribution in [2.24, 2.45) is 0 Å². The van der Waals surface area contributed by atoms with Crippen LogP contribution >= 0.6 is 23.2 Å². The second-order valence-electron chi connectivity index (χ2n) is 8.74. The monoisotopic (exact) mass is 515 g/mol. The topological polar surface area (TPSA) is 87.2 Å². The number of amides is 2. The third-order valence-corrected chi connectivity index (χ3v) is 6.67. The third kappa shape index (κ3) is 4.68. The van der Waals surface area contributed by atoms with Crippen molar-refractivity contribution in [1.29, 1.82) is 0 Å². The van der Waals surface area contributed by atoms with Crippen LogP contribution in [0.5, 0.6) is 0 Å². The predicted molar refractivity (Wildman–Crippen MR) is 135 cm³/mol. The largest absolute Gasteiger partial charge is 0.355 e. The standard InChI is InChI=1S/C25H24Cl2FN5O2/c1-14(2)15-6-4-5-7-17(15)25(12-33(13-25)22-9-8-21(27)31-32-22)24(35)30-20-11-19(28)18(26)10-16(20)23(34)29-3/h4-11,14H,12-13H2,1-3H3,(H,29,34)(H,30,35). The lowest BCUT2D eigenvalue weighted by Gasteiger charge is -2.50. The SMILES string of the molecule is CNC(=O)c1cc(Cl)c(F)cc1NC(=O)C1(c2ccccc2C(C)C)CN(c2ccc(Cl)nn2)C1. The van der Waals surface area contributed by atoms with Crippen LogP contribution in [-0.4, -0.2) is 42.1 Å². The maximum absolute atomic E-state index is 14.3. The summed E-state index contributed by atoms with van der Waals surface area (Å²) in [5.41, 5.74) is 1.03. The van der Waals surface area contributed by atoms with Crippen molar-refractivity contribution < 1.29 is 14.0 Å². The second kappa shape index (κ2) is 9.79. The molecule has 0 spiro atoms. The molecule has 0 unspecified atom stereocenters. The maximum Gasteiger partial charge on any atom is 0.253 e. The zero-order valence-corrected chi connectivity index (χ0v) is 20.9. The number of halogens is 3. The van der Waals surface area contributed by atoms with Crippen LogP contribution < -0.4 is 15.5 Å². The molecule has 1 aromatic heterocycles. The van der Waals surface area contributed by atoms with Gasteiger partial charge in [0.15, 0.2) is 11.0 Å². The first kappa shape index (κ1) is 24.9. The van der Waals surface area contributed by atoms with Crippen molar-refractivity contribution in [2.75, 3.05) is 30.4 Å². The Morgan fingerprint density at radius 1 is 1.09 bits per heavy atom. The van der Waals surface area contributed by atoms with E-state index in [1.807, 2.05) is 29.2 Å². The molecule has 35 heavy (non-hydrogen) atoms. The van der Waals surface area contributed by atoms with Gasteiger partial charge in [-0.1, -0.05) is 61.3 Å². The molecule has 0 bridgehead atoms. The summed E-state index contributed by atoms with van der Waals surface area (Å²) in [6.45, 7) is 4.74. The zero-order chi connectivity index (χ0) is 25.3. The summed E-state index contributed by atoms with van der Waals surface area (Å²) in [6, 6.07) is 13.4. The molecule has 1 aliphatic rings. The summed E-state index contributed by atoms with van der Waals surface area (Å²) < 4.78 is 14.3. The number of aromatic nitrogens is 2. The predicted octanol–water partition coefficient (Wildman–Crippen LogP) is 4.80. The summed E-state index contributed by atoms with van der Waals surface area (Å²) in [7, 11) is 1.45. The summed E-state index contributed by atoms with van der Waals surface area (Å²) in [5, 5.41) is 13.4. The van der Waals surface area contributed by atoms with Gasteiger partial charge in [-0.2, -0.15) is 0 Å². The highest BCUT2D eigenvalue weighted by Crippen LogP contribution is 2.41. The molecule has 0 aliphatic carbocycles. The molecular formula is C25H24Cl2FN5O2. The van der Waals surface area contributed by atoms with Gasteiger partial charge in [0.25, 0.3) is 5.91 Å². The van der Waals surface area contributed by atoms with E-state index < -0.39 is 17.1 Å². The summed E-state index contributed by atoms with van der Waals surface area (Å²) in [4.78, 5) is 28.2. The van der Waals surface area contributed by atoms with Gasteiger partial charge in [0.1, 0.15) is 11.2 Å². The number of hydrogen-bond donors (Lipinski definition) is 2. The number of nitrogens with zero attached hydrogens (tertiary/aromatic N) is 3. The first-order valence-electron chi connectivity index (χ1n) is 11.0. The number of rotatable bonds is 6. The van der Waals surface area contributed by atoms with Gasteiger partial charge in [-0.3, -0.25) is 9.59 Å². The van der Waals surface area contributed by atoms with Crippen LogP contribution in [0.15, 0.2) is 48.5 Å². The van der Waals surface area contributed by atoms with Crippen molar-refractivity contribution in [1.82, 2.24) is 15.5 Å². The molecule has 1 fully saturated rings. The highest BCUT2D eigenvalue weighted by molar-refractivity contribution is 6.31. The van der Waals surface area contributed by atoms with E-state index >= 15 is 0 Å². The van der Waals surface area contributed by atoms with E-state index in [1.54, 1.807) is 12.1 Å². The van der Waals surface area contributed by atoms with Crippen molar-refractivity contribution >= 4 is 46.5 Å². The van der Waals surface area contributed by atoms with E-state index in [1.165, 1.54) is 13.1 Å². The first-order valence-corrected chi connectivity index (χ1v) is 11.8. The molecule has 182 valence electrons. The fraction of sp³-hybridized carbons (Fsp3) is 0.280. The van der Waals surface area contributed by atoms with Crippen molar-refractivity contribution in [3.8, 4) is 0 Å². The van der Waals surface area contributed by atoms with Crippen LogP contribution in [-0.2, 0) is 10.2 Å². The number of nitrogens with one attached hydrogen (secondary N) is 2. The molecular weight excluding hydrogens is 492 g/mol. The number of benzene rings is 2. The third-order valence-electron chi connectivity index (χ3n) is 6.18. The van der Waals surface area contributed by atoms with E-state index in [-0.39, 0.29) is 33.3 Å². The lowest BCUT2D eigenvalue weighted by Crippen LogP contribution is -2.66. The van der Waals surface area contributed by atoms with Crippen LogP contribution in [0, 0.1) is 5.82 Å². The van der Waals surface area contributed by atoms with Crippen LogP contribution in [0.25, 0.3) is 0 Å². The van der Waals surface area contributed by atoms with Gasteiger partial charge < -0.3 is 15.5 Å². The van der Waals surface area contributed by atoms with E-state index in [9.17, 15) is 14.0 Å². The highest BCUT2D eigenvalue weighted by atomic mass is 35.5. The van der Waals surface area contributed by atoms with Gasteiger partial charge in [0.2, 0.25) is 5.91 Å². The van der Waals surface area contributed by atoms with Crippen molar-refractivity contribution in [2.45, 2.75) is 25.2 Å². The number of carbonyl (C=O) groups excluding carboxylic acids is 2. The zero-order valence-electron chi connectivity index (χ0n) is 19.4. The molecule has 10 heteroatoms. The molecule has 2 aromatic carbocycles. The number of anilines is 2. The molecule has 2 heterocycles. The van der Waals surface area contributed by atoms with E-state index in [2.05, 4.69) is 34.7 Å². The summed E-state index contributed by atoms with van der Waals surface area (Å²) >= 11 is 11.8. The Morgan fingerprint density at radius 2 is 1.80 bits per heavy atom. The van der Waals surface area contributed by atoms with E-state index in [0.717, 1.165) is 17.2 Å². The Hall–Kier alpha value is -3.23. The van der Waals surface area contributed by atoms with Gasteiger partial charge >= 0.3 is 0 Å². The minimum atomic E-state index is -0.974. The Labute approximate surface area is 212 Å². The smallest absolute Gasteiger partial charge is 0.253 e. The fourth-order valence-corrected chi connectivity index (χ4v) is 4.60. The Bertz CT molecular complexity index is 1280. The number of carbonyl (C=O) groups is 2. The summed E-state index contributed by atoms with van der Waals surface area (Å²) in [5.74, 6) is -0.850. The molecule has 2 N–H and O–H groups in total. The van der Waals surface area contributed by atoms with Gasteiger partial charge in [-0.15, -0.1) is 10.2 Å². The second-order valence-corrected chi connectivity index (χ2v) is 9.53. The van der Waals surface area contributed by atoms with Gasteiger partial charge in [0, 0.05) is 20.1 Å². The van der Waals surface area contributed by atoms with Gasteiger partial charge in [-0.25, -0.2) is 4.39 Å². The van der Waals surface area contributed by atoms with Crippen molar-refractivity contribution in [3.63, 3.8) is 0 Å². The summed E-state index contributed by atoms with van der Waals surface area (Å²) in [6.07, 6.45) is 0. The highest BCUT2D eigenvalue weighted by Gasteiger charge is 2.52. The van der Waals surface area contributed by atoms with Crippen molar-refractivity contribution in [3.05, 3.63) is 81.2 Å². The Balaban J connectivity index is 1.75. The quantitative estimate of drug-likeness (QED) is 0.492. The first-order chi connectivity index (χ1) is 16.7. The van der Waals surface area contributed by atoms with Gasteiger partial charge in [-0.05, 0) is 41.3 Å². The van der Waals surface area contributed by atoms with Crippen LogP contribution in [0.3, 0.4) is 0 Å². The molecule has 4 rings (SSSR count). The fourth-order valence-electron chi connectivity index (χ4n) is 4.33. The van der Waals surface area contributed by atoms with Crippen LogP contribution in [0.2, 0.25) is 10.2 Å². The number of hydrogen-bond acceptors (Lipinski definition) is 5. The minimum Gasteiger partial charge on any atom is -0.355 e. The molecule has 0 atom stereocenters. The lowest BCUT2D eigenvalue weighted by atomic mass is 9.69. The molecule has 0 saturated carbocycles. The minimum absolute atomic E-state index is 0.0439. The molecule has 0 radical (unpaired) electrons. The average Bonchev–Trinajstić information content (AvgIpc) is 2.81. The average molecular weight is 516 g/mol. The lowest BCUT2D eigenvalue weighted by molar-refractivity contribution is -0.122. The van der Waals surface area contributed by atoms with Gasteiger partial charge in [0.05, 0.1) is 16.3 Å². The van der Waals surface area contributed by atoms with Crippen LogP contribution in [0.1, 0.15) is 41.3 Å². The Kier molecular flexibility index (Phi) is 6.96. The Morgan fingerprint density at radius 3 is 2.43 bits per heavy atom. The molecule has 1 saturated heterocycles. The molecule has 7 nitrogen and oxygen atoms in total. The molecule has 1 aliphatic heterocycles.